The fourth-order valence-electron chi connectivity index (χ4n) is 4.87. The Bertz CT molecular complexity index is 2050. The number of ether oxygens (including phenoxy) is 1. The normalized spacial score (nSPS) is 11.1. The summed E-state index contributed by atoms with van der Waals surface area (Å²) in [6, 6.07) is 20.4. The highest BCUT2D eigenvalue weighted by Crippen LogP contribution is 2.35. The molecule has 6 aromatic rings. The summed E-state index contributed by atoms with van der Waals surface area (Å²) in [5, 5.41) is 8.03. The predicted octanol–water partition coefficient (Wildman–Crippen LogP) is 7.72. The van der Waals surface area contributed by atoms with E-state index < -0.39 is 11.7 Å². The van der Waals surface area contributed by atoms with Crippen LogP contribution in [0.2, 0.25) is 5.02 Å². The molecule has 4 aromatic carbocycles. The van der Waals surface area contributed by atoms with E-state index in [0.29, 0.717) is 50.3 Å². The third-order valence-electron chi connectivity index (χ3n) is 6.93. The van der Waals surface area contributed by atoms with Gasteiger partial charge in [0.2, 0.25) is 0 Å². The van der Waals surface area contributed by atoms with Gasteiger partial charge in [-0.2, -0.15) is 0 Å². The van der Waals surface area contributed by atoms with Crippen molar-refractivity contribution >= 4 is 73.2 Å². The number of fused-ring (bicyclic) bond motifs is 3. The molecule has 0 saturated carbocycles. The maximum atomic E-state index is 13.8. The summed E-state index contributed by atoms with van der Waals surface area (Å²) in [7, 11) is 1.48. The lowest BCUT2D eigenvalue weighted by Gasteiger charge is -2.16. The van der Waals surface area contributed by atoms with Crippen molar-refractivity contribution < 1.29 is 18.7 Å². The van der Waals surface area contributed by atoms with Crippen molar-refractivity contribution in [1.82, 2.24) is 15.0 Å². The Balaban J connectivity index is 1.43. The first kappa shape index (κ1) is 27.0. The van der Waals surface area contributed by atoms with Crippen molar-refractivity contribution in [2.45, 2.75) is 13.3 Å². The Morgan fingerprint density at radius 2 is 1.76 bits per heavy atom. The van der Waals surface area contributed by atoms with E-state index in [9.17, 15) is 14.0 Å². The number of benzene rings is 4. The molecule has 2 N–H and O–H groups in total. The molecule has 8 nitrogen and oxygen atoms in total. The van der Waals surface area contributed by atoms with Gasteiger partial charge < -0.3 is 15.4 Å². The van der Waals surface area contributed by atoms with Gasteiger partial charge in [-0.05, 0) is 48.5 Å². The Morgan fingerprint density at radius 3 is 2.55 bits per heavy atom. The zero-order chi connectivity index (χ0) is 29.4. The first-order valence-corrected chi connectivity index (χ1v) is 13.5. The Morgan fingerprint density at radius 1 is 0.929 bits per heavy atom. The molecule has 0 atom stereocenters. The summed E-state index contributed by atoms with van der Waals surface area (Å²) in [5.74, 6) is -0.432. The van der Waals surface area contributed by atoms with Crippen LogP contribution in [0.1, 0.15) is 34.1 Å². The highest BCUT2D eigenvalue weighted by Gasteiger charge is 2.22. The zero-order valence-electron chi connectivity index (χ0n) is 22.5. The van der Waals surface area contributed by atoms with E-state index in [1.165, 1.54) is 31.6 Å². The van der Waals surface area contributed by atoms with E-state index in [4.69, 9.17) is 21.3 Å². The van der Waals surface area contributed by atoms with Crippen LogP contribution in [-0.2, 0) is 0 Å². The largest absolute Gasteiger partial charge is 0.494 e. The van der Waals surface area contributed by atoms with Gasteiger partial charge in [-0.3, -0.25) is 9.59 Å². The molecular weight excluding hydrogens is 557 g/mol. The van der Waals surface area contributed by atoms with Gasteiger partial charge in [0.05, 0.1) is 39.9 Å². The number of methoxy groups -OCH3 is 1. The fraction of sp³-hybridized carbons (Fsp3) is 0.0938. The maximum absolute atomic E-state index is 13.8. The van der Waals surface area contributed by atoms with Crippen LogP contribution < -0.4 is 15.4 Å². The molecule has 0 aliphatic carbocycles. The molecule has 10 heteroatoms. The van der Waals surface area contributed by atoms with Crippen molar-refractivity contribution in [3.8, 4) is 5.75 Å². The van der Waals surface area contributed by atoms with Crippen LogP contribution in [0, 0.1) is 5.82 Å². The number of aromatic nitrogens is 3. The summed E-state index contributed by atoms with van der Waals surface area (Å²) in [6.45, 7) is 1.76. The molecule has 0 aliphatic rings. The van der Waals surface area contributed by atoms with Crippen molar-refractivity contribution in [3.63, 3.8) is 0 Å². The van der Waals surface area contributed by atoms with E-state index in [0.717, 1.165) is 10.9 Å². The first-order chi connectivity index (χ1) is 20.4. The van der Waals surface area contributed by atoms with Crippen LogP contribution >= 0.6 is 11.6 Å². The number of carbonyl (C=O) groups excluding carboxylic acids is 2. The smallest absolute Gasteiger partial charge is 0.256 e. The molecule has 1 amide bonds. The molecule has 0 saturated heterocycles. The van der Waals surface area contributed by atoms with Gasteiger partial charge >= 0.3 is 0 Å². The zero-order valence-corrected chi connectivity index (χ0v) is 23.3. The molecule has 0 aliphatic heterocycles. The lowest BCUT2D eigenvalue weighted by molar-refractivity contribution is 0.0970. The summed E-state index contributed by atoms with van der Waals surface area (Å²) >= 11 is 5.95. The molecular formula is C32H23ClFN5O3. The van der Waals surface area contributed by atoms with Crippen molar-refractivity contribution in [2.75, 3.05) is 17.7 Å². The SMILES string of the molecule is CCC(=O)c1c(C(=O)Nc2cc3c(Nc4ccc(F)c(Cl)c4)ncnc3cc2OC)ccc2nc3ccccc3cc12. The Labute approximate surface area is 244 Å². The first-order valence-electron chi connectivity index (χ1n) is 13.1. The van der Waals surface area contributed by atoms with Crippen molar-refractivity contribution in [2.24, 2.45) is 0 Å². The molecule has 0 spiro atoms. The van der Waals surface area contributed by atoms with Gasteiger partial charge in [0, 0.05) is 39.9 Å². The van der Waals surface area contributed by atoms with Crippen LogP contribution in [0.4, 0.5) is 21.6 Å². The number of para-hydroxylation sites is 1. The van der Waals surface area contributed by atoms with Gasteiger partial charge in [-0.25, -0.2) is 19.3 Å². The minimum Gasteiger partial charge on any atom is -0.494 e. The molecule has 0 unspecified atom stereocenters. The number of Topliss-reactive ketones (excluding diaryl/α,β-unsaturated/α-hetero) is 1. The number of rotatable bonds is 7. The minimum absolute atomic E-state index is 0.0380. The molecule has 42 heavy (non-hydrogen) atoms. The van der Waals surface area contributed by atoms with Gasteiger partial charge in [0.1, 0.15) is 23.7 Å². The quantitative estimate of drug-likeness (QED) is 0.147. The Kier molecular flexibility index (Phi) is 7.10. The molecule has 0 radical (unpaired) electrons. The van der Waals surface area contributed by atoms with Gasteiger partial charge in [0.15, 0.2) is 5.78 Å². The third-order valence-corrected chi connectivity index (χ3v) is 7.22. The number of hydrogen-bond donors (Lipinski definition) is 2. The van der Waals surface area contributed by atoms with Crippen LogP contribution in [0.3, 0.4) is 0 Å². The fourth-order valence-corrected chi connectivity index (χ4v) is 5.05. The molecule has 0 fully saturated rings. The molecule has 6 rings (SSSR count). The number of amides is 1. The number of halogens is 2. The number of hydrogen-bond acceptors (Lipinski definition) is 7. The lowest BCUT2D eigenvalue weighted by Crippen LogP contribution is -2.17. The average Bonchev–Trinajstić information content (AvgIpc) is 3.00. The van der Waals surface area contributed by atoms with Gasteiger partial charge in [-0.15, -0.1) is 0 Å². The lowest BCUT2D eigenvalue weighted by atomic mass is 9.95. The highest BCUT2D eigenvalue weighted by atomic mass is 35.5. The number of nitrogens with one attached hydrogen (secondary N) is 2. The molecule has 208 valence electrons. The second-order valence-corrected chi connectivity index (χ2v) is 9.92. The minimum atomic E-state index is -0.539. The number of pyridine rings is 1. The number of carbonyl (C=O) groups is 2. The van der Waals surface area contributed by atoms with Gasteiger partial charge in [-0.1, -0.05) is 36.7 Å². The Hall–Kier alpha value is -5.15. The van der Waals surface area contributed by atoms with Crippen LogP contribution in [0.25, 0.3) is 32.7 Å². The monoisotopic (exact) mass is 579 g/mol. The van der Waals surface area contributed by atoms with E-state index in [2.05, 4.69) is 20.6 Å². The summed E-state index contributed by atoms with van der Waals surface area (Å²) in [5.41, 5.74) is 3.36. The highest BCUT2D eigenvalue weighted by molar-refractivity contribution is 6.31. The average molecular weight is 580 g/mol. The second-order valence-electron chi connectivity index (χ2n) is 9.51. The van der Waals surface area contributed by atoms with E-state index >= 15 is 0 Å². The molecule has 2 aromatic heterocycles. The van der Waals surface area contributed by atoms with Crippen LogP contribution in [-0.4, -0.2) is 33.8 Å². The number of anilines is 3. The summed E-state index contributed by atoms with van der Waals surface area (Å²) in [6.07, 6.45) is 1.59. The van der Waals surface area contributed by atoms with Gasteiger partial charge in [0.25, 0.3) is 5.91 Å². The standard InChI is InChI=1S/C32H23ClFN5O3/c1-3-28(40)30-19(9-11-25-20(30)12-17-6-4-5-7-24(17)38-25)32(41)39-27-14-21-26(15-29(27)42-2)35-16-36-31(21)37-18-8-10-23(34)22(33)13-18/h4-16H,3H2,1-2H3,(H,39,41)(H,35,36,37). The van der Waals surface area contributed by atoms with Crippen molar-refractivity contribution in [3.05, 3.63) is 101 Å². The topological polar surface area (TPSA) is 106 Å². The predicted molar refractivity (Wildman–Crippen MR) is 163 cm³/mol. The van der Waals surface area contributed by atoms with Crippen LogP contribution in [0.5, 0.6) is 5.75 Å². The van der Waals surface area contributed by atoms with Crippen LogP contribution in [0.15, 0.2) is 79.1 Å². The maximum Gasteiger partial charge on any atom is 0.256 e. The van der Waals surface area contributed by atoms with E-state index in [1.807, 2.05) is 30.3 Å². The van der Waals surface area contributed by atoms with E-state index in [-0.39, 0.29) is 22.8 Å². The van der Waals surface area contributed by atoms with Crippen molar-refractivity contribution in [1.29, 1.82) is 0 Å². The second kappa shape index (κ2) is 11.0. The molecule has 0 bridgehead atoms. The van der Waals surface area contributed by atoms with E-state index in [1.54, 1.807) is 31.2 Å². The number of ketones is 1. The summed E-state index contributed by atoms with van der Waals surface area (Å²) in [4.78, 5) is 40.3. The summed E-state index contributed by atoms with van der Waals surface area (Å²) < 4.78 is 19.2. The molecule has 2 heterocycles. The number of nitrogens with zero attached hydrogens (tertiary/aromatic N) is 3. The third kappa shape index (κ3) is 4.95.